The van der Waals surface area contributed by atoms with Crippen LogP contribution in [0.2, 0.25) is 0 Å². The van der Waals surface area contributed by atoms with Crippen molar-refractivity contribution in [1.82, 2.24) is 0 Å². The SMILES string of the molecule is CC(CCN)c1ccc(-c2ccccc2)c(Br)c1. The van der Waals surface area contributed by atoms with Crippen molar-refractivity contribution >= 4 is 15.9 Å². The topological polar surface area (TPSA) is 26.0 Å². The molecule has 0 spiro atoms. The molecule has 0 saturated carbocycles. The van der Waals surface area contributed by atoms with Crippen molar-refractivity contribution in [3.63, 3.8) is 0 Å². The summed E-state index contributed by atoms with van der Waals surface area (Å²) in [6, 6.07) is 17.0. The van der Waals surface area contributed by atoms with E-state index in [0.29, 0.717) is 5.92 Å². The summed E-state index contributed by atoms with van der Waals surface area (Å²) in [4.78, 5) is 0. The molecule has 18 heavy (non-hydrogen) atoms. The molecule has 0 bridgehead atoms. The van der Waals surface area contributed by atoms with Crippen LogP contribution < -0.4 is 5.73 Å². The number of benzene rings is 2. The first-order valence-corrected chi connectivity index (χ1v) is 7.06. The number of rotatable bonds is 4. The van der Waals surface area contributed by atoms with Crippen LogP contribution in [0.5, 0.6) is 0 Å². The summed E-state index contributed by atoms with van der Waals surface area (Å²) in [5.41, 5.74) is 9.43. The average molecular weight is 304 g/mol. The molecular weight excluding hydrogens is 286 g/mol. The minimum Gasteiger partial charge on any atom is -0.330 e. The van der Waals surface area contributed by atoms with Crippen LogP contribution in [-0.4, -0.2) is 6.54 Å². The van der Waals surface area contributed by atoms with Gasteiger partial charge in [-0.1, -0.05) is 65.3 Å². The zero-order chi connectivity index (χ0) is 13.0. The zero-order valence-electron chi connectivity index (χ0n) is 10.6. The van der Waals surface area contributed by atoms with Crippen molar-refractivity contribution in [3.05, 3.63) is 58.6 Å². The van der Waals surface area contributed by atoms with Crippen molar-refractivity contribution in [3.8, 4) is 11.1 Å². The summed E-state index contributed by atoms with van der Waals surface area (Å²) >= 11 is 3.67. The molecule has 2 heteroatoms. The molecule has 1 nitrogen and oxygen atoms in total. The summed E-state index contributed by atoms with van der Waals surface area (Å²) in [6.45, 7) is 2.95. The molecule has 1 unspecified atom stereocenters. The molecule has 0 aromatic heterocycles. The second kappa shape index (κ2) is 6.17. The van der Waals surface area contributed by atoms with E-state index in [1.165, 1.54) is 16.7 Å². The van der Waals surface area contributed by atoms with Gasteiger partial charge in [0.1, 0.15) is 0 Å². The lowest BCUT2D eigenvalue weighted by Gasteiger charge is -2.13. The van der Waals surface area contributed by atoms with Gasteiger partial charge in [0.15, 0.2) is 0 Å². The summed E-state index contributed by atoms with van der Waals surface area (Å²) < 4.78 is 1.15. The highest BCUT2D eigenvalue weighted by Crippen LogP contribution is 2.31. The maximum absolute atomic E-state index is 5.61. The summed E-state index contributed by atoms with van der Waals surface area (Å²) in [6.07, 6.45) is 1.02. The molecule has 0 radical (unpaired) electrons. The Balaban J connectivity index is 2.31. The molecule has 0 fully saturated rings. The number of halogens is 1. The third-order valence-electron chi connectivity index (χ3n) is 3.25. The average Bonchev–Trinajstić information content (AvgIpc) is 2.40. The Morgan fingerprint density at radius 2 is 1.83 bits per heavy atom. The fourth-order valence-corrected chi connectivity index (χ4v) is 2.73. The minimum atomic E-state index is 0.510. The fraction of sp³-hybridized carbons (Fsp3) is 0.250. The normalized spacial score (nSPS) is 12.4. The molecular formula is C16H18BrN. The van der Waals surface area contributed by atoms with Gasteiger partial charge in [-0.05, 0) is 41.6 Å². The van der Waals surface area contributed by atoms with Crippen molar-refractivity contribution in [2.75, 3.05) is 6.54 Å². The van der Waals surface area contributed by atoms with Gasteiger partial charge in [0, 0.05) is 4.47 Å². The lowest BCUT2D eigenvalue weighted by atomic mass is 9.95. The quantitative estimate of drug-likeness (QED) is 0.880. The van der Waals surface area contributed by atoms with E-state index in [0.717, 1.165) is 17.4 Å². The van der Waals surface area contributed by atoms with Crippen LogP contribution in [-0.2, 0) is 0 Å². The van der Waals surface area contributed by atoms with Gasteiger partial charge in [-0.15, -0.1) is 0 Å². The largest absolute Gasteiger partial charge is 0.330 e. The molecule has 2 rings (SSSR count). The molecule has 94 valence electrons. The molecule has 2 N–H and O–H groups in total. The molecule has 2 aromatic carbocycles. The van der Waals surface area contributed by atoms with E-state index >= 15 is 0 Å². The predicted octanol–water partition coefficient (Wildman–Crippen LogP) is 4.57. The van der Waals surface area contributed by atoms with Crippen LogP contribution >= 0.6 is 15.9 Å². The molecule has 0 saturated heterocycles. The monoisotopic (exact) mass is 303 g/mol. The smallest absolute Gasteiger partial charge is 0.0256 e. The summed E-state index contributed by atoms with van der Waals surface area (Å²) in [5, 5.41) is 0. The zero-order valence-corrected chi connectivity index (χ0v) is 12.2. The Labute approximate surface area is 117 Å². The Morgan fingerprint density at radius 1 is 1.11 bits per heavy atom. The van der Waals surface area contributed by atoms with Crippen molar-refractivity contribution < 1.29 is 0 Å². The van der Waals surface area contributed by atoms with Gasteiger partial charge in [-0.2, -0.15) is 0 Å². The van der Waals surface area contributed by atoms with Crippen LogP contribution in [0, 0.1) is 0 Å². The van der Waals surface area contributed by atoms with Gasteiger partial charge >= 0.3 is 0 Å². The van der Waals surface area contributed by atoms with Crippen LogP contribution in [0.1, 0.15) is 24.8 Å². The Bertz CT molecular complexity index is 508. The van der Waals surface area contributed by atoms with E-state index in [1.54, 1.807) is 0 Å². The Hall–Kier alpha value is -1.12. The molecule has 2 aromatic rings. The van der Waals surface area contributed by atoms with Crippen molar-refractivity contribution in [2.45, 2.75) is 19.3 Å². The van der Waals surface area contributed by atoms with E-state index in [9.17, 15) is 0 Å². The molecule has 0 aliphatic rings. The van der Waals surface area contributed by atoms with Crippen LogP contribution in [0.3, 0.4) is 0 Å². The van der Waals surface area contributed by atoms with E-state index in [4.69, 9.17) is 5.73 Å². The lowest BCUT2D eigenvalue weighted by Crippen LogP contribution is -2.04. The maximum atomic E-state index is 5.61. The van der Waals surface area contributed by atoms with E-state index in [2.05, 4.69) is 65.3 Å². The van der Waals surface area contributed by atoms with E-state index < -0.39 is 0 Å². The van der Waals surface area contributed by atoms with Gasteiger partial charge in [-0.25, -0.2) is 0 Å². The molecule has 0 amide bonds. The minimum absolute atomic E-state index is 0.510. The summed E-state index contributed by atoms with van der Waals surface area (Å²) in [5.74, 6) is 0.510. The van der Waals surface area contributed by atoms with Crippen LogP contribution in [0.25, 0.3) is 11.1 Å². The third-order valence-corrected chi connectivity index (χ3v) is 3.90. The first kappa shape index (κ1) is 13.3. The number of hydrogen-bond acceptors (Lipinski definition) is 1. The van der Waals surface area contributed by atoms with E-state index in [-0.39, 0.29) is 0 Å². The molecule has 0 heterocycles. The predicted molar refractivity (Wildman–Crippen MR) is 81.7 cm³/mol. The molecule has 1 atom stereocenters. The Kier molecular flexibility index (Phi) is 4.56. The number of hydrogen-bond donors (Lipinski definition) is 1. The first-order valence-electron chi connectivity index (χ1n) is 6.27. The first-order chi connectivity index (χ1) is 8.72. The van der Waals surface area contributed by atoms with E-state index in [1.807, 2.05) is 6.07 Å². The second-order valence-corrected chi connectivity index (χ2v) is 5.44. The van der Waals surface area contributed by atoms with Gasteiger partial charge < -0.3 is 5.73 Å². The lowest BCUT2D eigenvalue weighted by molar-refractivity contribution is 0.690. The van der Waals surface area contributed by atoms with Gasteiger partial charge in [0.05, 0.1) is 0 Å². The third kappa shape index (κ3) is 3.01. The van der Waals surface area contributed by atoms with Gasteiger partial charge in [0.25, 0.3) is 0 Å². The van der Waals surface area contributed by atoms with Crippen molar-refractivity contribution in [2.24, 2.45) is 5.73 Å². The molecule has 0 aliphatic carbocycles. The van der Waals surface area contributed by atoms with Crippen LogP contribution in [0.4, 0.5) is 0 Å². The second-order valence-electron chi connectivity index (χ2n) is 4.58. The Morgan fingerprint density at radius 3 is 2.44 bits per heavy atom. The van der Waals surface area contributed by atoms with Crippen LogP contribution in [0.15, 0.2) is 53.0 Å². The standard InChI is InChI=1S/C16H18BrN/c1-12(9-10-18)14-7-8-15(16(17)11-14)13-5-3-2-4-6-13/h2-8,11-12H,9-10,18H2,1H3. The molecule has 0 aliphatic heterocycles. The van der Waals surface area contributed by atoms with Gasteiger partial charge in [0.2, 0.25) is 0 Å². The van der Waals surface area contributed by atoms with Gasteiger partial charge in [-0.3, -0.25) is 0 Å². The number of nitrogens with two attached hydrogens (primary N) is 1. The fourth-order valence-electron chi connectivity index (χ4n) is 2.11. The highest BCUT2D eigenvalue weighted by molar-refractivity contribution is 9.10. The maximum Gasteiger partial charge on any atom is 0.0256 e. The van der Waals surface area contributed by atoms with Crippen molar-refractivity contribution in [1.29, 1.82) is 0 Å². The highest BCUT2D eigenvalue weighted by Gasteiger charge is 2.08. The highest BCUT2D eigenvalue weighted by atomic mass is 79.9. The summed E-state index contributed by atoms with van der Waals surface area (Å²) in [7, 11) is 0.